The summed E-state index contributed by atoms with van der Waals surface area (Å²) in [4.78, 5) is 10.8. The Morgan fingerprint density at radius 1 is 1.29 bits per heavy atom. The molecule has 0 amide bonds. The van der Waals surface area contributed by atoms with Crippen molar-refractivity contribution in [2.24, 2.45) is 0 Å². The van der Waals surface area contributed by atoms with Crippen molar-refractivity contribution in [2.45, 2.75) is 0 Å². The summed E-state index contributed by atoms with van der Waals surface area (Å²) in [5.74, 6) is 2.17. The first-order valence-corrected chi connectivity index (χ1v) is 8.86. The van der Waals surface area contributed by atoms with Gasteiger partial charge in [-0.15, -0.1) is 0 Å². The van der Waals surface area contributed by atoms with Crippen LogP contribution in [-0.2, 0) is 0 Å². The van der Waals surface area contributed by atoms with Crippen LogP contribution in [0.1, 0.15) is 5.69 Å². The summed E-state index contributed by atoms with van der Waals surface area (Å²) in [5, 5.41) is 13.1. The molecule has 0 saturated heterocycles. The predicted octanol–water partition coefficient (Wildman–Crippen LogP) is 3.00. The first-order valence-electron chi connectivity index (χ1n) is 8.86. The zero-order valence-electron chi connectivity index (χ0n) is 15.9. The lowest BCUT2D eigenvalue weighted by atomic mass is 10.2. The van der Waals surface area contributed by atoms with Gasteiger partial charge >= 0.3 is 0 Å². The smallest absolute Gasteiger partial charge is 0.157 e. The Balaban J connectivity index is 1.71. The number of fused-ring (bicyclic) bond motifs is 2. The van der Waals surface area contributed by atoms with E-state index in [-0.39, 0.29) is 0 Å². The molecular formula is C20H20N6O2. The summed E-state index contributed by atoms with van der Waals surface area (Å²) in [6.45, 7) is 1.47. The number of hydrogen-bond acceptors (Lipinski definition) is 7. The van der Waals surface area contributed by atoms with E-state index in [9.17, 15) is 0 Å². The topological polar surface area (TPSA) is 91.6 Å². The number of nitrogens with zero attached hydrogens (tertiary/aromatic N) is 5. The highest BCUT2D eigenvalue weighted by Gasteiger charge is 2.18. The van der Waals surface area contributed by atoms with Gasteiger partial charge in [-0.05, 0) is 38.4 Å². The summed E-state index contributed by atoms with van der Waals surface area (Å²) in [7, 11) is 5.83. The number of benzene rings is 1. The number of ether oxygens (including phenoxy) is 1. The lowest BCUT2D eigenvalue weighted by Crippen LogP contribution is -2.19. The van der Waals surface area contributed by atoms with Crippen LogP contribution < -0.4 is 10.1 Å². The van der Waals surface area contributed by atoms with Crippen molar-refractivity contribution in [1.82, 2.24) is 19.3 Å². The molecule has 3 aromatic heterocycles. The molecule has 4 aromatic rings. The van der Waals surface area contributed by atoms with Gasteiger partial charge < -0.3 is 19.4 Å². The Labute approximate surface area is 162 Å². The fraction of sp³-hybridized carbons (Fsp3) is 0.250. The van der Waals surface area contributed by atoms with Crippen molar-refractivity contribution < 1.29 is 9.15 Å². The van der Waals surface area contributed by atoms with E-state index in [1.165, 1.54) is 0 Å². The highest BCUT2D eigenvalue weighted by molar-refractivity contribution is 5.86. The van der Waals surface area contributed by atoms with E-state index in [4.69, 9.17) is 14.4 Å². The number of furan rings is 1. The van der Waals surface area contributed by atoms with Crippen molar-refractivity contribution in [1.29, 1.82) is 5.26 Å². The van der Waals surface area contributed by atoms with Crippen LogP contribution >= 0.6 is 0 Å². The van der Waals surface area contributed by atoms with E-state index in [1.807, 2.05) is 51.5 Å². The average molecular weight is 376 g/mol. The van der Waals surface area contributed by atoms with E-state index in [0.29, 0.717) is 29.4 Å². The Morgan fingerprint density at radius 2 is 2.14 bits per heavy atom. The minimum absolute atomic E-state index is 0.316. The van der Waals surface area contributed by atoms with E-state index in [1.54, 1.807) is 16.8 Å². The minimum Gasteiger partial charge on any atom is -0.492 e. The molecule has 28 heavy (non-hydrogen) atoms. The zero-order chi connectivity index (χ0) is 19.7. The van der Waals surface area contributed by atoms with Gasteiger partial charge in [0.2, 0.25) is 0 Å². The van der Waals surface area contributed by atoms with Crippen LogP contribution in [0, 0.1) is 11.3 Å². The molecule has 0 aliphatic carbocycles. The highest BCUT2D eigenvalue weighted by Crippen LogP contribution is 2.34. The molecule has 0 spiro atoms. The molecule has 0 unspecified atom stereocenters. The van der Waals surface area contributed by atoms with Crippen LogP contribution in [0.4, 0.5) is 5.82 Å². The van der Waals surface area contributed by atoms with Gasteiger partial charge in [0, 0.05) is 25.0 Å². The number of likely N-dealkylation sites (N-methyl/N-ethyl adjacent to an activating group) is 1. The van der Waals surface area contributed by atoms with Crippen molar-refractivity contribution in [3.05, 3.63) is 42.4 Å². The monoisotopic (exact) mass is 376 g/mol. The number of nitrogens with one attached hydrogen (secondary N) is 1. The normalized spacial score (nSPS) is 11.2. The van der Waals surface area contributed by atoms with Crippen LogP contribution in [0.2, 0.25) is 0 Å². The molecule has 1 N–H and O–H groups in total. The maximum absolute atomic E-state index is 9.06. The molecule has 4 rings (SSSR count). The van der Waals surface area contributed by atoms with E-state index in [0.717, 1.165) is 29.1 Å². The molecule has 3 heterocycles. The molecule has 142 valence electrons. The van der Waals surface area contributed by atoms with Crippen molar-refractivity contribution >= 4 is 22.4 Å². The van der Waals surface area contributed by atoms with Crippen molar-refractivity contribution in [2.75, 3.05) is 39.6 Å². The van der Waals surface area contributed by atoms with Crippen LogP contribution in [0.3, 0.4) is 0 Å². The summed E-state index contributed by atoms with van der Waals surface area (Å²) in [5.41, 5.74) is 2.35. The fourth-order valence-electron chi connectivity index (χ4n) is 2.99. The predicted molar refractivity (Wildman–Crippen MR) is 107 cm³/mol. The van der Waals surface area contributed by atoms with Crippen LogP contribution in [-0.4, -0.2) is 53.6 Å². The number of hydrogen-bond donors (Lipinski definition) is 1. The molecule has 0 saturated carbocycles. The molecule has 0 aliphatic rings. The zero-order valence-corrected chi connectivity index (χ0v) is 15.9. The average Bonchev–Trinajstić information content (AvgIpc) is 3.27. The minimum atomic E-state index is 0.316. The summed E-state index contributed by atoms with van der Waals surface area (Å²) in [6, 6.07) is 11.4. The lowest BCUT2D eigenvalue weighted by molar-refractivity contribution is 0.261. The molecule has 0 atom stereocenters. The second kappa shape index (κ2) is 7.21. The third-order valence-corrected chi connectivity index (χ3v) is 4.40. The van der Waals surface area contributed by atoms with E-state index in [2.05, 4.69) is 20.2 Å². The van der Waals surface area contributed by atoms with Crippen molar-refractivity contribution in [3.8, 4) is 23.3 Å². The molecule has 8 nitrogen and oxygen atoms in total. The highest BCUT2D eigenvalue weighted by atomic mass is 16.5. The second-order valence-corrected chi connectivity index (χ2v) is 6.64. The molecular weight excluding hydrogens is 356 g/mol. The Morgan fingerprint density at radius 3 is 2.89 bits per heavy atom. The SMILES string of the molecule is CNc1c(-c2cc3cc(OCCN(C)C)ccc3o2)nc2cc(C#N)ncn12. The van der Waals surface area contributed by atoms with Gasteiger partial charge in [-0.2, -0.15) is 5.26 Å². The van der Waals surface area contributed by atoms with Gasteiger partial charge in [0.15, 0.2) is 5.76 Å². The second-order valence-electron chi connectivity index (χ2n) is 6.64. The Kier molecular flexibility index (Phi) is 4.59. The molecule has 8 heteroatoms. The van der Waals surface area contributed by atoms with E-state index < -0.39 is 0 Å². The van der Waals surface area contributed by atoms with Crippen LogP contribution in [0.5, 0.6) is 5.75 Å². The van der Waals surface area contributed by atoms with Crippen molar-refractivity contribution in [3.63, 3.8) is 0 Å². The first-order chi connectivity index (χ1) is 13.6. The molecule has 0 radical (unpaired) electrons. The molecule has 0 fully saturated rings. The Hall–Kier alpha value is -3.57. The summed E-state index contributed by atoms with van der Waals surface area (Å²) < 4.78 is 13.6. The molecule has 1 aromatic carbocycles. The number of aromatic nitrogens is 3. The molecule has 0 bridgehead atoms. The molecule has 0 aliphatic heterocycles. The maximum atomic E-state index is 9.06. The standard InChI is InChI=1S/C20H20N6O2/c1-22-20-19(24-18-10-14(11-21)23-12-26(18)20)17-9-13-8-15(4-5-16(13)28-17)27-7-6-25(2)3/h4-5,8-10,12,22H,6-7H2,1-3H3. The third kappa shape index (κ3) is 3.23. The third-order valence-electron chi connectivity index (χ3n) is 4.40. The van der Waals surface area contributed by atoms with Gasteiger partial charge in [-0.25, -0.2) is 9.97 Å². The first kappa shape index (κ1) is 17.8. The van der Waals surface area contributed by atoms with Gasteiger partial charge in [0.05, 0.1) is 0 Å². The lowest BCUT2D eigenvalue weighted by Gasteiger charge is -2.10. The summed E-state index contributed by atoms with van der Waals surface area (Å²) >= 11 is 0. The van der Waals surface area contributed by atoms with Crippen LogP contribution in [0.15, 0.2) is 41.1 Å². The van der Waals surface area contributed by atoms with Crippen LogP contribution in [0.25, 0.3) is 28.1 Å². The van der Waals surface area contributed by atoms with Gasteiger partial charge in [0.25, 0.3) is 0 Å². The quantitative estimate of drug-likeness (QED) is 0.553. The maximum Gasteiger partial charge on any atom is 0.157 e. The largest absolute Gasteiger partial charge is 0.492 e. The fourth-order valence-corrected chi connectivity index (χ4v) is 2.99. The van der Waals surface area contributed by atoms with Gasteiger partial charge in [0.1, 0.15) is 53.2 Å². The van der Waals surface area contributed by atoms with Gasteiger partial charge in [-0.1, -0.05) is 0 Å². The van der Waals surface area contributed by atoms with Gasteiger partial charge in [-0.3, -0.25) is 4.40 Å². The number of imidazole rings is 1. The Bertz CT molecular complexity index is 1180. The number of anilines is 1. The summed E-state index contributed by atoms with van der Waals surface area (Å²) in [6.07, 6.45) is 1.58. The number of rotatable bonds is 6. The van der Waals surface area contributed by atoms with E-state index >= 15 is 0 Å². The number of nitriles is 1.